The molecule has 2 saturated heterocycles. The molecule has 0 unspecified atom stereocenters. The van der Waals surface area contributed by atoms with Crippen LogP contribution in [0.1, 0.15) is 54.8 Å². The van der Waals surface area contributed by atoms with E-state index >= 15 is 0 Å². The van der Waals surface area contributed by atoms with Crippen molar-refractivity contribution in [3.8, 4) is 0 Å². The highest BCUT2D eigenvalue weighted by molar-refractivity contribution is 5.96. The number of anilines is 1. The lowest BCUT2D eigenvalue weighted by molar-refractivity contribution is -0.117. The first-order valence-corrected chi connectivity index (χ1v) is 13.1. The van der Waals surface area contributed by atoms with Crippen LogP contribution >= 0.6 is 0 Å². The molecule has 2 aromatic heterocycles. The number of amides is 1. The fraction of sp³-hybridized carbons (Fsp3) is 0.483. The minimum atomic E-state index is -0.424. The lowest BCUT2D eigenvalue weighted by atomic mass is 9.83. The van der Waals surface area contributed by atoms with Crippen molar-refractivity contribution in [3.05, 3.63) is 65.6 Å². The third-order valence-corrected chi connectivity index (χ3v) is 8.60. The van der Waals surface area contributed by atoms with Gasteiger partial charge in [-0.05, 0) is 92.9 Å². The van der Waals surface area contributed by atoms with Gasteiger partial charge in [-0.25, -0.2) is 4.98 Å². The van der Waals surface area contributed by atoms with Crippen LogP contribution in [-0.2, 0) is 9.53 Å². The van der Waals surface area contributed by atoms with Crippen molar-refractivity contribution in [1.29, 1.82) is 0 Å². The molecule has 0 bridgehead atoms. The number of carbonyl (C=O) groups is 1. The van der Waals surface area contributed by atoms with Gasteiger partial charge in [0.2, 0.25) is 5.91 Å². The minimum Gasteiger partial charge on any atom is -0.389 e. The summed E-state index contributed by atoms with van der Waals surface area (Å²) >= 11 is 0. The summed E-state index contributed by atoms with van der Waals surface area (Å²) in [6.45, 7) is 7.23. The van der Waals surface area contributed by atoms with Crippen LogP contribution < -0.4 is 5.32 Å². The highest BCUT2D eigenvalue weighted by Gasteiger charge is 2.46. The molecule has 0 radical (unpaired) electrons. The smallest absolute Gasteiger partial charge is 0.229 e. The Morgan fingerprint density at radius 3 is 2.72 bits per heavy atom. The van der Waals surface area contributed by atoms with Crippen molar-refractivity contribution >= 4 is 22.5 Å². The normalized spacial score (nSPS) is 28.9. The lowest BCUT2D eigenvalue weighted by Crippen LogP contribution is -2.56. The maximum Gasteiger partial charge on any atom is 0.229 e. The second-order valence-electron chi connectivity index (χ2n) is 11.0. The molecule has 2 aliphatic heterocycles. The Labute approximate surface area is 211 Å². The quantitative estimate of drug-likeness (QED) is 0.567. The molecule has 7 heteroatoms. The molecular weight excluding hydrogens is 452 g/mol. The molecule has 0 spiro atoms. The summed E-state index contributed by atoms with van der Waals surface area (Å²) in [5, 5.41) is 15.7. The van der Waals surface area contributed by atoms with Gasteiger partial charge in [-0.1, -0.05) is 12.1 Å². The Hall–Kier alpha value is -2.87. The Kier molecular flexibility index (Phi) is 6.02. The average Bonchev–Trinajstić information content (AvgIpc) is 3.63. The number of piperidine rings is 1. The van der Waals surface area contributed by atoms with Crippen LogP contribution in [0.15, 0.2) is 48.8 Å². The molecule has 3 fully saturated rings. The highest BCUT2D eigenvalue weighted by Crippen LogP contribution is 2.47. The van der Waals surface area contributed by atoms with Gasteiger partial charge in [0.25, 0.3) is 0 Å². The molecule has 1 aliphatic carbocycles. The van der Waals surface area contributed by atoms with Crippen molar-refractivity contribution in [2.24, 2.45) is 5.92 Å². The van der Waals surface area contributed by atoms with E-state index in [1.54, 1.807) is 6.20 Å². The monoisotopic (exact) mass is 486 g/mol. The van der Waals surface area contributed by atoms with Gasteiger partial charge < -0.3 is 15.2 Å². The number of aryl methyl sites for hydroxylation is 1. The van der Waals surface area contributed by atoms with Gasteiger partial charge >= 0.3 is 0 Å². The number of pyridine rings is 2. The van der Waals surface area contributed by atoms with Gasteiger partial charge in [0.1, 0.15) is 5.82 Å². The number of nitrogens with zero attached hydrogens (tertiary/aromatic N) is 3. The summed E-state index contributed by atoms with van der Waals surface area (Å²) in [5.74, 6) is 1.26. The van der Waals surface area contributed by atoms with Crippen LogP contribution in [0.4, 0.5) is 5.82 Å². The molecular formula is C29H34N4O3. The van der Waals surface area contributed by atoms with Crippen molar-refractivity contribution in [2.45, 2.75) is 56.6 Å². The number of aliphatic hydroxyl groups is 1. The van der Waals surface area contributed by atoms with Gasteiger partial charge in [-0.2, -0.15) is 0 Å². The van der Waals surface area contributed by atoms with Crippen LogP contribution in [0.2, 0.25) is 0 Å². The predicted molar refractivity (Wildman–Crippen MR) is 139 cm³/mol. The molecule has 6 rings (SSSR count). The number of carbonyl (C=O) groups excluding carboxylic acids is 1. The molecule has 1 aromatic carbocycles. The number of hydrogen-bond acceptors (Lipinski definition) is 6. The van der Waals surface area contributed by atoms with Crippen molar-refractivity contribution in [1.82, 2.24) is 14.9 Å². The van der Waals surface area contributed by atoms with E-state index < -0.39 is 6.10 Å². The largest absolute Gasteiger partial charge is 0.389 e. The summed E-state index contributed by atoms with van der Waals surface area (Å²) in [6, 6.07) is 12.3. The minimum absolute atomic E-state index is 0.0174. The standard InChI is InChI=1S/C29H34N4O3/c1-18-11-21-15-31-27(32-28(35)24-14-23(24)25-5-3-4-8-30-25)13-20(21)12-22(18)19-6-9-33(10-7-19)29(2)17-36-16-26(29)34/h3-5,8,11-13,15,19,23-24,26,34H,6-7,9-10,14,16-17H2,1-2H3,(H,31,32,35)/t23-,24-,26-,29+/m0/s1. The first-order chi connectivity index (χ1) is 17.4. The molecule has 36 heavy (non-hydrogen) atoms. The first kappa shape index (κ1) is 23.5. The van der Waals surface area contributed by atoms with Gasteiger partial charge in [-0.3, -0.25) is 14.7 Å². The summed E-state index contributed by atoms with van der Waals surface area (Å²) in [5.41, 5.74) is 3.36. The molecule has 1 saturated carbocycles. The van der Waals surface area contributed by atoms with Gasteiger partial charge in [0, 0.05) is 35.3 Å². The summed E-state index contributed by atoms with van der Waals surface area (Å²) < 4.78 is 5.56. The fourth-order valence-corrected chi connectivity index (χ4v) is 6.12. The second kappa shape index (κ2) is 9.21. The van der Waals surface area contributed by atoms with Crippen LogP contribution in [0, 0.1) is 12.8 Å². The number of aromatic nitrogens is 2. The number of fused-ring (bicyclic) bond motifs is 1. The Bertz CT molecular complexity index is 1270. The molecule has 7 nitrogen and oxygen atoms in total. The van der Waals surface area contributed by atoms with Crippen LogP contribution in [0.5, 0.6) is 0 Å². The maximum absolute atomic E-state index is 12.8. The number of hydrogen-bond donors (Lipinski definition) is 2. The molecule has 1 amide bonds. The van der Waals surface area contributed by atoms with Gasteiger partial charge in [0.05, 0.1) is 24.9 Å². The number of aliphatic hydroxyl groups excluding tert-OH is 1. The van der Waals surface area contributed by atoms with Gasteiger partial charge in [-0.15, -0.1) is 0 Å². The number of likely N-dealkylation sites (tertiary alicyclic amines) is 1. The van der Waals surface area contributed by atoms with E-state index in [1.807, 2.05) is 30.5 Å². The lowest BCUT2D eigenvalue weighted by Gasteiger charge is -2.44. The number of nitrogens with one attached hydrogen (secondary N) is 1. The molecule has 3 aromatic rings. The zero-order valence-electron chi connectivity index (χ0n) is 21.0. The Morgan fingerprint density at radius 2 is 2.00 bits per heavy atom. The van der Waals surface area contributed by atoms with Gasteiger partial charge in [0.15, 0.2) is 0 Å². The SMILES string of the molecule is Cc1cc2cnc(NC(=O)[C@H]3C[C@@H]3c3ccccn3)cc2cc1C1CCN([C@]2(C)COC[C@@H]2O)CC1. The summed E-state index contributed by atoms with van der Waals surface area (Å²) in [7, 11) is 0. The van der Waals surface area contributed by atoms with Crippen LogP contribution in [0.3, 0.4) is 0 Å². The average molecular weight is 487 g/mol. The molecule has 3 aliphatic rings. The van der Waals surface area contributed by atoms with Crippen molar-refractivity contribution in [3.63, 3.8) is 0 Å². The molecule has 4 heterocycles. The molecule has 2 N–H and O–H groups in total. The van der Waals surface area contributed by atoms with Crippen LogP contribution in [-0.4, -0.2) is 63.8 Å². The van der Waals surface area contributed by atoms with E-state index in [0.29, 0.717) is 24.9 Å². The third kappa shape index (κ3) is 4.29. The Balaban J connectivity index is 1.15. The predicted octanol–water partition coefficient (Wildman–Crippen LogP) is 4.01. The number of ether oxygens (including phenoxy) is 1. The van der Waals surface area contributed by atoms with E-state index in [-0.39, 0.29) is 23.3 Å². The van der Waals surface area contributed by atoms with E-state index in [9.17, 15) is 9.90 Å². The highest BCUT2D eigenvalue weighted by atomic mass is 16.5. The number of benzene rings is 1. The maximum atomic E-state index is 12.8. The fourth-order valence-electron chi connectivity index (χ4n) is 6.12. The van der Waals surface area contributed by atoms with Crippen molar-refractivity contribution in [2.75, 3.05) is 31.6 Å². The topological polar surface area (TPSA) is 87.6 Å². The van der Waals surface area contributed by atoms with E-state index in [4.69, 9.17) is 4.74 Å². The third-order valence-electron chi connectivity index (χ3n) is 8.60. The zero-order valence-corrected chi connectivity index (χ0v) is 21.0. The number of rotatable bonds is 5. The van der Waals surface area contributed by atoms with E-state index in [0.717, 1.165) is 48.8 Å². The first-order valence-electron chi connectivity index (χ1n) is 13.1. The van der Waals surface area contributed by atoms with Crippen molar-refractivity contribution < 1.29 is 14.6 Å². The second-order valence-corrected chi connectivity index (χ2v) is 11.0. The Morgan fingerprint density at radius 1 is 1.17 bits per heavy atom. The summed E-state index contributed by atoms with van der Waals surface area (Å²) in [4.78, 5) is 24.2. The zero-order chi connectivity index (χ0) is 24.9. The van der Waals surface area contributed by atoms with Crippen LogP contribution in [0.25, 0.3) is 10.8 Å². The molecule has 4 atom stereocenters. The van der Waals surface area contributed by atoms with E-state index in [1.165, 1.54) is 11.1 Å². The summed E-state index contributed by atoms with van der Waals surface area (Å²) in [6.07, 6.45) is 6.16. The molecule has 188 valence electrons. The van der Waals surface area contributed by atoms with E-state index in [2.05, 4.69) is 46.2 Å².